The first-order chi connectivity index (χ1) is 15.7. The first kappa shape index (κ1) is 27.4. The van der Waals surface area contributed by atoms with Gasteiger partial charge in [0, 0.05) is 17.8 Å². The Balaban J connectivity index is 2.30. The summed E-state index contributed by atoms with van der Waals surface area (Å²) in [6.07, 6.45) is 17.2. The van der Waals surface area contributed by atoms with Crippen molar-refractivity contribution in [1.29, 1.82) is 0 Å². The van der Waals surface area contributed by atoms with E-state index in [1.165, 1.54) is 70.3 Å². The largest absolute Gasteiger partial charge is 0.445 e. The second-order valence-corrected chi connectivity index (χ2v) is 8.00. The molecule has 32 heavy (non-hydrogen) atoms. The number of hydrogen-bond acceptors (Lipinski definition) is 4. The molecule has 1 aromatic rings. The lowest BCUT2D eigenvalue weighted by Crippen LogP contribution is -2.36. The molecule has 0 spiro atoms. The Morgan fingerprint density at radius 1 is 0.938 bits per heavy atom. The van der Waals surface area contributed by atoms with Gasteiger partial charge in [-0.2, -0.15) is 0 Å². The van der Waals surface area contributed by atoms with E-state index < -0.39 is 6.09 Å². The van der Waals surface area contributed by atoms with E-state index in [2.05, 4.69) is 29.1 Å². The molecule has 0 aliphatic rings. The molecule has 1 rings (SSSR count). The second-order valence-electron chi connectivity index (χ2n) is 8.00. The Hall–Kier alpha value is -2.63. The minimum Gasteiger partial charge on any atom is -0.445 e. The van der Waals surface area contributed by atoms with Crippen LogP contribution in [0.15, 0.2) is 41.9 Å². The molecule has 0 unspecified atom stereocenters. The number of hydrogen-bond donors (Lipinski definition) is 2. The number of rotatable bonds is 17. The number of benzene rings is 1. The quantitative estimate of drug-likeness (QED) is 0.0904. The number of alkyl carbamates (subject to hydrolysis) is 1. The van der Waals surface area contributed by atoms with Gasteiger partial charge in [-0.15, -0.1) is 0 Å². The molecule has 0 fully saturated rings. The average Bonchev–Trinajstić information content (AvgIpc) is 2.81. The van der Waals surface area contributed by atoms with Crippen LogP contribution in [0.1, 0.15) is 94.3 Å². The van der Waals surface area contributed by atoms with Crippen LogP contribution in [0.2, 0.25) is 0 Å². The zero-order chi connectivity index (χ0) is 23.3. The molecule has 0 atom stereocenters. The molecule has 0 aliphatic heterocycles. The summed E-state index contributed by atoms with van der Waals surface area (Å²) in [5, 5.41) is 5.71. The Kier molecular flexibility index (Phi) is 16.3. The average molecular weight is 444 g/mol. The number of nitrogens with zero attached hydrogens (tertiary/aromatic N) is 1. The van der Waals surface area contributed by atoms with Crippen molar-refractivity contribution >= 4 is 24.0 Å². The van der Waals surface area contributed by atoms with E-state index in [1.807, 2.05) is 0 Å². The van der Waals surface area contributed by atoms with Crippen LogP contribution in [0, 0.1) is 0 Å². The summed E-state index contributed by atoms with van der Waals surface area (Å²) in [4.78, 5) is 27.2. The smallest absolute Gasteiger partial charge is 0.414 e. The number of amides is 1. The van der Waals surface area contributed by atoms with E-state index in [-0.39, 0.29) is 6.61 Å². The topological polar surface area (TPSA) is 79.8 Å². The molecule has 0 aliphatic carbocycles. The second kappa shape index (κ2) is 19.1. The van der Waals surface area contributed by atoms with Gasteiger partial charge in [0.2, 0.25) is 5.96 Å². The van der Waals surface area contributed by atoms with Crippen molar-refractivity contribution in [3.63, 3.8) is 0 Å². The van der Waals surface area contributed by atoms with Crippen LogP contribution in [0.4, 0.5) is 10.5 Å². The van der Waals surface area contributed by atoms with Crippen molar-refractivity contribution < 1.29 is 14.3 Å². The summed E-state index contributed by atoms with van der Waals surface area (Å²) >= 11 is 0. The van der Waals surface area contributed by atoms with Gasteiger partial charge in [-0.1, -0.05) is 90.2 Å². The summed E-state index contributed by atoms with van der Waals surface area (Å²) in [5.74, 6) is 0.334. The number of ether oxygens (including phenoxy) is 1. The fourth-order valence-corrected chi connectivity index (χ4v) is 3.30. The number of nitrogens with one attached hydrogen (secondary N) is 2. The van der Waals surface area contributed by atoms with Crippen LogP contribution in [0.25, 0.3) is 0 Å². The molecular formula is C26H41N3O3. The molecule has 0 saturated carbocycles. The maximum Gasteiger partial charge on any atom is 0.414 e. The van der Waals surface area contributed by atoms with Crippen LogP contribution in [-0.4, -0.2) is 31.5 Å². The van der Waals surface area contributed by atoms with E-state index in [9.17, 15) is 9.59 Å². The highest BCUT2D eigenvalue weighted by Gasteiger charge is 2.07. The molecule has 0 saturated heterocycles. The molecule has 1 amide bonds. The first-order valence-corrected chi connectivity index (χ1v) is 12.1. The fourth-order valence-electron chi connectivity index (χ4n) is 3.30. The fraction of sp³-hybridized carbons (Fsp3) is 0.577. The number of aldehydes is 1. The molecule has 1 aromatic carbocycles. The molecule has 0 heterocycles. The number of carbonyl (C=O) groups is 2. The van der Waals surface area contributed by atoms with Crippen LogP contribution < -0.4 is 10.6 Å². The van der Waals surface area contributed by atoms with Crippen LogP contribution in [-0.2, 0) is 4.74 Å². The number of aliphatic imine (C=N–C) groups is 1. The maximum absolute atomic E-state index is 11.9. The van der Waals surface area contributed by atoms with Crippen molar-refractivity contribution in [1.82, 2.24) is 5.32 Å². The standard InChI is InChI=1S/C26H41N3O3/c1-3-5-6-7-8-9-10-11-12-13-14-15-20-27-25(29-26(31)32-21-4-2)28-24-18-16-23(22-30)17-19-24/h4,16-19,22H,2-3,5-15,20-21H2,1H3,(H2,27,28,29,31). The van der Waals surface area contributed by atoms with E-state index >= 15 is 0 Å². The Labute approximate surface area is 193 Å². The summed E-state index contributed by atoms with van der Waals surface area (Å²) in [6, 6.07) is 6.93. The molecule has 2 N–H and O–H groups in total. The van der Waals surface area contributed by atoms with Gasteiger partial charge in [-0.25, -0.2) is 4.79 Å². The third-order valence-corrected chi connectivity index (χ3v) is 5.14. The minimum absolute atomic E-state index is 0.131. The summed E-state index contributed by atoms with van der Waals surface area (Å²) in [6.45, 7) is 6.54. The van der Waals surface area contributed by atoms with Gasteiger partial charge in [-0.05, 0) is 30.7 Å². The summed E-state index contributed by atoms with van der Waals surface area (Å²) in [7, 11) is 0. The predicted molar refractivity (Wildman–Crippen MR) is 134 cm³/mol. The number of carbonyl (C=O) groups excluding carboxylic acids is 2. The van der Waals surface area contributed by atoms with E-state index in [0.29, 0.717) is 18.1 Å². The lowest BCUT2D eigenvalue weighted by Gasteiger charge is -2.12. The first-order valence-electron chi connectivity index (χ1n) is 12.1. The maximum atomic E-state index is 11.9. The number of anilines is 1. The van der Waals surface area contributed by atoms with E-state index in [4.69, 9.17) is 4.74 Å². The lowest BCUT2D eigenvalue weighted by atomic mass is 10.1. The van der Waals surface area contributed by atoms with Crippen molar-refractivity contribution in [3.05, 3.63) is 42.5 Å². The molecule has 6 heteroatoms. The highest BCUT2D eigenvalue weighted by atomic mass is 16.5. The monoisotopic (exact) mass is 443 g/mol. The Morgan fingerprint density at radius 3 is 2.03 bits per heavy atom. The van der Waals surface area contributed by atoms with Crippen molar-refractivity contribution in [3.8, 4) is 0 Å². The molecule has 178 valence electrons. The molecular weight excluding hydrogens is 402 g/mol. The van der Waals surface area contributed by atoms with Gasteiger partial charge in [0.15, 0.2) is 0 Å². The highest BCUT2D eigenvalue weighted by Crippen LogP contribution is 2.12. The highest BCUT2D eigenvalue weighted by molar-refractivity contribution is 6.02. The number of unbranched alkanes of at least 4 members (excludes halogenated alkanes) is 11. The van der Waals surface area contributed by atoms with Gasteiger partial charge in [0.1, 0.15) is 12.9 Å². The third kappa shape index (κ3) is 14.4. The van der Waals surface area contributed by atoms with Gasteiger partial charge < -0.3 is 10.1 Å². The summed E-state index contributed by atoms with van der Waals surface area (Å²) in [5.41, 5.74) is 1.32. The van der Waals surface area contributed by atoms with Crippen molar-refractivity contribution in [2.45, 2.75) is 84.0 Å². The SMILES string of the molecule is C=CCOC(=O)NC(=NCCCCCCCCCCCCCC)Nc1ccc(C=O)cc1. The Bertz CT molecular complexity index is 671. The lowest BCUT2D eigenvalue weighted by molar-refractivity contribution is 0.112. The van der Waals surface area contributed by atoms with Gasteiger partial charge >= 0.3 is 6.09 Å². The normalized spacial score (nSPS) is 11.1. The van der Waals surface area contributed by atoms with Gasteiger partial charge in [-0.3, -0.25) is 15.1 Å². The zero-order valence-corrected chi connectivity index (χ0v) is 19.7. The zero-order valence-electron chi connectivity index (χ0n) is 19.7. The van der Waals surface area contributed by atoms with E-state index in [0.717, 1.165) is 24.8 Å². The van der Waals surface area contributed by atoms with Gasteiger partial charge in [0.05, 0.1) is 0 Å². The van der Waals surface area contributed by atoms with Crippen molar-refractivity contribution in [2.75, 3.05) is 18.5 Å². The van der Waals surface area contributed by atoms with Crippen LogP contribution in [0.3, 0.4) is 0 Å². The molecule has 0 aromatic heterocycles. The van der Waals surface area contributed by atoms with Crippen LogP contribution >= 0.6 is 0 Å². The van der Waals surface area contributed by atoms with E-state index in [1.54, 1.807) is 24.3 Å². The van der Waals surface area contributed by atoms with Gasteiger partial charge in [0.25, 0.3) is 0 Å². The number of guanidine groups is 1. The minimum atomic E-state index is -0.588. The van der Waals surface area contributed by atoms with Crippen LogP contribution in [0.5, 0.6) is 0 Å². The summed E-state index contributed by atoms with van der Waals surface area (Å²) < 4.78 is 4.98. The molecule has 6 nitrogen and oxygen atoms in total. The third-order valence-electron chi connectivity index (χ3n) is 5.14. The van der Waals surface area contributed by atoms with Crippen molar-refractivity contribution in [2.24, 2.45) is 4.99 Å². The molecule has 0 radical (unpaired) electrons. The Morgan fingerprint density at radius 2 is 1.50 bits per heavy atom. The predicted octanol–water partition coefficient (Wildman–Crippen LogP) is 6.88. The molecule has 0 bridgehead atoms.